The van der Waals surface area contributed by atoms with Crippen molar-refractivity contribution >= 4 is 17.6 Å². The van der Waals surface area contributed by atoms with E-state index in [4.69, 9.17) is 5.73 Å². The molecule has 1 aliphatic heterocycles. The summed E-state index contributed by atoms with van der Waals surface area (Å²) >= 11 is 0. The van der Waals surface area contributed by atoms with Crippen LogP contribution in [0.2, 0.25) is 0 Å². The molecule has 7 heteroatoms. The second-order valence-electron chi connectivity index (χ2n) is 4.46. The van der Waals surface area contributed by atoms with Crippen LogP contribution in [0, 0.1) is 0 Å². The van der Waals surface area contributed by atoms with Crippen LogP contribution in [-0.2, 0) is 9.53 Å². The number of carbonyl (C=O) groups is 1. The average Bonchev–Trinajstić information content (AvgIpc) is 2.45. The topological polar surface area (TPSA) is 84.6 Å². The Bertz CT molecular complexity index is 432. The highest BCUT2D eigenvalue weighted by Gasteiger charge is 2.18. The highest BCUT2D eigenvalue weighted by molar-refractivity contribution is 5.69. The first-order valence-corrected chi connectivity index (χ1v) is 6.30. The van der Waals surface area contributed by atoms with E-state index in [0.717, 1.165) is 38.5 Å². The lowest BCUT2D eigenvalue weighted by atomic mass is 10.3. The molecule has 0 radical (unpaired) electrons. The predicted molar refractivity (Wildman–Crippen MR) is 71.7 cm³/mol. The van der Waals surface area contributed by atoms with Crippen LogP contribution in [0.4, 0.5) is 11.6 Å². The van der Waals surface area contributed by atoms with Gasteiger partial charge in [0, 0.05) is 32.7 Å². The number of carbonyl (C=O) groups excluding carboxylic acids is 1. The van der Waals surface area contributed by atoms with Gasteiger partial charge in [0.05, 0.1) is 25.9 Å². The van der Waals surface area contributed by atoms with Crippen molar-refractivity contribution in [1.29, 1.82) is 0 Å². The van der Waals surface area contributed by atoms with Crippen molar-refractivity contribution in [1.82, 2.24) is 14.9 Å². The van der Waals surface area contributed by atoms with Gasteiger partial charge >= 0.3 is 5.97 Å². The molecular formula is C12H19N5O2. The summed E-state index contributed by atoms with van der Waals surface area (Å²) in [7, 11) is 1.42. The zero-order valence-electron chi connectivity index (χ0n) is 11.1. The first-order valence-electron chi connectivity index (χ1n) is 6.30. The standard InChI is InChI=1S/C12H19N5O2/c1-19-12(18)2-3-16-4-6-17(7-5-16)11-9-14-8-10(13)15-11/h8-9H,2-7H2,1H3,(H2,13,15). The van der Waals surface area contributed by atoms with Crippen molar-refractivity contribution in [3.8, 4) is 0 Å². The summed E-state index contributed by atoms with van der Waals surface area (Å²) in [5.41, 5.74) is 5.63. The SMILES string of the molecule is COC(=O)CCN1CCN(c2cncc(N)n2)CC1. The Morgan fingerprint density at radius 1 is 1.37 bits per heavy atom. The fourth-order valence-corrected chi connectivity index (χ4v) is 2.07. The van der Waals surface area contributed by atoms with Crippen LogP contribution < -0.4 is 10.6 Å². The van der Waals surface area contributed by atoms with E-state index in [1.54, 1.807) is 6.20 Å². The Morgan fingerprint density at radius 3 is 2.74 bits per heavy atom. The molecule has 0 atom stereocenters. The third kappa shape index (κ3) is 3.78. The van der Waals surface area contributed by atoms with Gasteiger partial charge in [-0.25, -0.2) is 4.98 Å². The van der Waals surface area contributed by atoms with Crippen LogP contribution in [0.15, 0.2) is 12.4 Å². The maximum Gasteiger partial charge on any atom is 0.306 e. The van der Waals surface area contributed by atoms with E-state index in [1.807, 2.05) is 0 Å². The summed E-state index contributed by atoms with van der Waals surface area (Å²) in [5, 5.41) is 0. The number of anilines is 2. The summed E-state index contributed by atoms with van der Waals surface area (Å²) in [6, 6.07) is 0. The number of nitrogens with zero attached hydrogens (tertiary/aromatic N) is 4. The van der Waals surface area contributed by atoms with Gasteiger partial charge in [0.15, 0.2) is 0 Å². The van der Waals surface area contributed by atoms with Gasteiger partial charge in [-0.15, -0.1) is 0 Å². The van der Waals surface area contributed by atoms with Crippen LogP contribution in [0.3, 0.4) is 0 Å². The Labute approximate surface area is 112 Å². The van der Waals surface area contributed by atoms with Gasteiger partial charge in [-0.3, -0.25) is 14.7 Å². The fourth-order valence-electron chi connectivity index (χ4n) is 2.07. The minimum atomic E-state index is -0.163. The summed E-state index contributed by atoms with van der Waals surface area (Å²) in [6.45, 7) is 4.25. The zero-order chi connectivity index (χ0) is 13.7. The molecule has 0 saturated carbocycles. The highest BCUT2D eigenvalue weighted by atomic mass is 16.5. The maximum absolute atomic E-state index is 11.1. The Morgan fingerprint density at radius 2 is 2.11 bits per heavy atom. The van der Waals surface area contributed by atoms with Crippen molar-refractivity contribution in [2.45, 2.75) is 6.42 Å². The van der Waals surface area contributed by atoms with E-state index >= 15 is 0 Å². The fraction of sp³-hybridized carbons (Fsp3) is 0.583. The van der Waals surface area contributed by atoms with E-state index in [1.165, 1.54) is 13.3 Å². The molecule has 2 N–H and O–H groups in total. The van der Waals surface area contributed by atoms with Crippen LogP contribution in [-0.4, -0.2) is 60.7 Å². The summed E-state index contributed by atoms with van der Waals surface area (Å²) < 4.78 is 4.64. The summed E-state index contributed by atoms with van der Waals surface area (Å²) in [6.07, 6.45) is 3.70. The summed E-state index contributed by atoms with van der Waals surface area (Å²) in [5.74, 6) is 1.09. The molecule has 2 rings (SSSR count). The molecule has 1 aromatic rings. The monoisotopic (exact) mass is 265 g/mol. The Hall–Kier alpha value is -1.89. The smallest absolute Gasteiger partial charge is 0.306 e. The van der Waals surface area contributed by atoms with Crippen molar-refractivity contribution < 1.29 is 9.53 Å². The Balaban J connectivity index is 1.81. The van der Waals surface area contributed by atoms with Gasteiger partial charge in [0.1, 0.15) is 11.6 Å². The zero-order valence-corrected chi connectivity index (χ0v) is 11.1. The number of rotatable bonds is 4. The molecule has 7 nitrogen and oxygen atoms in total. The third-order valence-corrected chi connectivity index (χ3v) is 3.20. The van der Waals surface area contributed by atoms with Gasteiger partial charge < -0.3 is 15.4 Å². The molecule has 0 aliphatic carbocycles. The number of nitrogens with two attached hydrogens (primary N) is 1. The number of aromatic nitrogens is 2. The Kier molecular flexibility index (Phi) is 4.51. The van der Waals surface area contributed by atoms with Crippen molar-refractivity contribution in [3.63, 3.8) is 0 Å². The van der Waals surface area contributed by atoms with Crippen LogP contribution in [0.25, 0.3) is 0 Å². The highest BCUT2D eigenvalue weighted by Crippen LogP contribution is 2.13. The average molecular weight is 265 g/mol. The first-order chi connectivity index (χ1) is 9.19. The van der Waals surface area contributed by atoms with Gasteiger partial charge in [-0.1, -0.05) is 0 Å². The lowest BCUT2D eigenvalue weighted by Crippen LogP contribution is -2.47. The van der Waals surface area contributed by atoms with Gasteiger partial charge in [0.25, 0.3) is 0 Å². The number of nitrogen functional groups attached to an aromatic ring is 1. The number of hydrogen-bond acceptors (Lipinski definition) is 7. The molecule has 0 spiro atoms. The quantitative estimate of drug-likeness (QED) is 0.751. The van der Waals surface area contributed by atoms with Crippen LogP contribution in [0.1, 0.15) is 6.42 Å². The first kappa shape index (κ1) is 13.5. The molecule has 1 aromatic heterocycles. The van der Waals surface area contributed by atoms with Gasteiger partial charge in [-0.05, 0) is 0 Å². The molecule has 2 heterocycles. The summed E-state index contributed by atoms with van der Waals surface area (Å²) in [4.78, 5) is 23.8. The number of hydrogen-bond donors (Lipinski definition) is 1. The molecule has 1 fully saturated rings. The van der Waals surface area contributed by atoms with Crippen molar-refractivity contribution in [3.05, 3.63) is 12.4 Å². The lowest BCUT2D eigenvalue weighted by Gasteiger charge is -2.35. The lowest BCUT2D eigenvalue weighted by molar-refractivity contribution is -0.141. The van der Waals surface area contributed by atoms with E-state index in [2.05, 4.69) is 24.5 Å². The van der Waals surface area contributed by atoms with Crippen molar-refractivity contribution in [2.24, 2.45) is 0 Å². The molecule has 0 unspecified atom stereocenters. The normalized spacial score (nSPS) is 16.4. The number of esters is 1. The molecular weight excluding hydrogens is 246 g/mol. The largest absolute Gasteiger partial charge is 0.469 e. The molecule has 0 aromatic carbocycles. The predicted octanol–water partition coefficient (Wildman–Crippen LogP) is -0.256. The van der Waals surface area contributed by atoms with E-state index < -0.39 is 0 Å². The van der Waals surface area contributed by atoms with E-state index in [9.17, 15) is 4.79 Å². The van der Waals surface area contributed by atoms with Crippen LogP contribution in [0.5, 0.6) is 0 Å². The van der Waals surface area contributed by atoms with E-state index in [-0.39, 0.29) is 5.97 Å². The minimum absolute atomic E-state index is 0.163. The van der Waals surface area contributed by atoms with Crippen molar-refractivity contribution in [2.75, 3.05) is 50.5 Å². The second kappa shape index (κ2) is 6.33. The van der Waals surface area contributed by atoms with Crippen LogP contribution >= 0.6 is 0 Å². The maximum atomic E-state index is 11.1. The molecule has 0 bridgehead atoms. The number of methoxy groups -OCH3 is 1. The molecule has 0 amide bonds. The molecule has 1 aliphatic rings. The second-order valence-corrected chi connectivity index (χ2v) is 4.46. The van der Waals surface area contributed by atoms with Gasteiger partial charge in [0.2, 0.25) is 0 Å². The van der Waals surface area contributed by atoms with Gasteiger partial charge in [-0.2, -0.15) is 0 Å². The number of piperazine rings is 1. The third-order valence-electron chi connectivity index (χ3n) is 3.20. The number of ether oxygens (including phenoxy) is 1. The minimum Gasteiger partial charge on any atom is -0.469 e. The molecule has 1 saturated heterocycles. The van der Waals surface area contributed by atoms with E-state index in [0.29, 0.717) is 12.2 Å². The molecule has 19 heavy (non-hydrogen) atoms. The molecule has 104 valence electrons.